The number of Topliss-reactive ketones (excluding diaryl/α,β-unsaturated/α-hetero) is 1. The van der Waals surface area contributed by atoms with Crippen LogP contribution >= 0.6 is 0 Å². The molecule has 1 aromatic heterocycles. The van der Waals surface area contributed by atoms with Gasteiger partial charge in [0.25, 0.3) is 0 Å². The van der Waals surface area contributed by atoms with Crippen molar-refractivity contribution in [1.29, 1.82) is 0 Å². The number of aliphatic hydroxyl groups is 1. The second-order valence-corrected chi connectivity index (χ2v) is 9.79. The molecule has 36 heavy (non-hydrogen) atoms. The Bertz CT molecular complexity index is 1500. The molecule has 0 saturated heterocycles. The highest BCUT2D eigenvalue weighted by Gasteiger charge is 2.31. The molecule has 1 aliphatic heterocycles. The van der Waals surface area contributed by atoms with Gasteiger partial charge in [-0.3, -0.25) is 14.2 Å². The van der Waals surface area contributed by atoms with E-state index in [9.17, 15) is 27.5 Å². The highest BCUT2D eigenvalue weighted by molar-refractivity contribution is 7.87. The number of hydrogen-bond donors (Lipinski definition) is 1. The second-order valence-electron chi connectivity index (χ2n) is 8.24. The summed E-state index contributed by atoms with van der Waals surface area (Å²) in [6.07, 6.45) is -1.39. The van der Waals surface area contributed by atoms with E-state index in [1.54, 1.807) is 19.1 Å². The second kappa shape index (κ2) is 10.1. The van der Waals surface area contributed by atoms with Gasteiger partial charge in [-0.05, 0) is 42.7 Å². The smallest absolute Gasteiger partial charge is 0.339 e. The molecule has 0 fully saturated rings. The fourth-order valence-corrected chi connectivity index (χ4v) is 4.68. The first-order chi connectivity index (χ1) is 17.1. The molecule has 9 nitrogen and oxygen atoms in total. The number of ketones is 1. The first kappa shape index (κ1) is 25.4. The maximum atomic E-state index is 13.6. The van der Waals surface area contributed by atoms with Gasteiger partial charge in [-0.15, -0.1) is 0 Å². The van der Waals surface area contributed by atoms with Crippen LogP contribution in [0.15, 0.2) is 64.8 Å². The molecule has 0 amide bonds. The standard InChI is InChI=1S/C25H23FN2O7S/c1-15-12-17(8-10-19(15)26)9-11-20(29)22-23(35-36(32,33)18-6-4-3-5-7-18)25(31)28-16(2)13-34-14-21(30)24(28)27-22/h3-8,10,12,21,30H,2,9,11,13-14H2,1H3. The Morgan fingerprint density at radius 1 is 1.28 bits per heavy atom. The summed E-state index contributed by atoms with van der Waals surface area (Å²) in [5.41, 5.74) is -0.411. The predicted molar refractivity (Wildman–Crippen MR) is 128 cm³/mol. The molecule has 1 aliphatic rings. The number of ether oxygens (including phenoxy) is 1. The molecule has 188 valence electrons. The van der Waals surface area contributed by atoms with Crippen LogP contribution in [0.4, 0.5) is 4.39 Å². The van der Waals surface area contributed by atoms with Crippen molar-refractivity contribution in [2.45, 2.75) is 30.8 Å². The van der Waals surface area contributed by atoms with Crippen LogP contribution in [0.25, 0.3) is 5.70 Å². The van der Waals surface area contributed by atoms with Gasteiger partial charge in [0, 0.05) is 12.1 Å². The summed E-state index contributed by atoms with van der Waals surface area (Å²) >= 11 is 0. The number of aromatic nitrogens is 2. The van der Waals surface area contributed by atoms with E-state index in [0.717, 1.165) is 4.57 Å². The summed E-state index contributed by atoms with van der Waals surface area (Å²) in [4.78, 5) is 30.6. The van der Waals surface area contributed by atoms with E-state index in [0.29, 0.717) is 11.1 Å². The number of hydrogen-bond acceptors (Lipinski definition) is 8. The van der Waals surface area contributed by atoms with Gasteiger partial charge in [0.05, 0.1) is 13.2 Å². The first-order valence-corrected chi connectivity index (χ1v) is 12.4. The molecule has 0 aliphatic carbocycles. The van der Waals surface area contributed by atoms with E-state index < -0.39 is 39.0 Å². The highest BCUT2D eigenvalue weighted by atomic mass is 32.2. The topological polar surface area (TPSA) is 125 Å². The van der Waals surface area contributed by atoms with Crippen LogP contribution in [0.5, 0.6) is 5.75 Å². The largest absolute Gasteiger partial charge is 0.383 e. The molecule has 4 rings (SSSR count). The highest BCUT2D eigenvalue weighted by Crippen LogP contribution is 2.26. The van der Waals surface area contributed by atoms with Gasteiger partial charge in [-0.25, -0.2) is 9.37 Å². The van der Waals surface area contributed by atoms with Crippen LogP contribution in [0.3, 0.4) is 0 Å². The normalized spacial score (nSPS) is 15.8. The molecule has 2 aromatic carbocycles. The van der Waals surface area contributed by atoms with Gasteiger partial charge >= 0.3 is 15.7 Å². The Labute approximate surface area is 206 Å². The fraction of sp³-hybridized carbons (Fsp3) is 0.240. The minimum Gasteiger partial charge on any atom is -0.383 e. The van der Waals surface area contributed by atoms with Crippen molar-refractivity contribution in [3.63, 3.8) is 0 Å². The average molecular weight is 515 g/mol. The Kier molecular flexibility index (Phi) is 7.16. The quantitative estimate of drug-likeness (QED) is 0.377. The molecule has 0 radical (unpaired) electrons. The number of carbonyl (C=O) groups is 1. The van der Waals surface area contributed by atoms with Crippen LogP contribution in [-0.4, -0.2) is 42.1 Å². The zero-order valence-electron chi connectivity index (χ0n) is 19.3. The summed E-state index contributed by atoms with van der Waals surface area (Å²) in [6, 6.07) is 11.5. The number of benzene rings is 2. The van der Waals surface area contributed by atoms with Gasteiger partial charge in [0.15, 0.2) is 11.5 Å². The summed E-state index contributed by atoms with van der Waals surface area (Å²) in [6.45, 7) is 4.99. The van der Waals surface area contributed by atoms with Crippen LogP contribution in [-0.2, 0) is 21.3 Å². The van der Waals surface area contributed by atoms with E-state index in [2.05, 4.69) is 11.6 Å². The molecular weight excluding hydrogens is 491 g/mol. The number of aliphatic hydroxyl groups excluding tert-OH is 1. The number of fused-ring (bicyclic) bond motifs is 1. The number of rotatable bonds is 7. The van der Waals surface area contributed by atoms with Crippen molar-refractivity contribution >= 4 is 21.6 Å². The summed E-state index contributed by atoms with van der Waals surface area (Å²) in [5.74, 6) is -2.10. The van der Waals surface area contributed by atoms with E-state index in [1.807, 2.05) is 0 Å². The molecule has 0 saturated carbocycles. The van der Waals surface area contributed by atoms with Crippen LogP contribution in [0.1, 0.15) is 40.0 Å². The Morgan fingerprint density at radius 2 is 2.00 bits per heavy atom. The average Bonchev–Trinajstić information content (AvgIpc) is 2.99. The molecular formula is C25H23FN2O7S. The molecule has 0 bridgehead atoms. The van der Waals surface area contributed by atoms with Crippen molar-refractivity contribution in [2.24, 2.45) is 0 Å². The van der Waals surface area contributed by atoms with Crippen molar-refractivity contribution in [3.8, 4) is 5.75 Å². The third-order valence-electron chi connectivity index (χ3n) is 5.58. The van der Waals surface area contributed by atoms with Crippen LogP contribution < -0.4 is 9.74 Å². The monoisotopic (exact) mass is 514 g/mol. The van der Waals surface area contributed by atoms with E-state index in [1.165, 1.54) is 36.4 Å². The molecule has 1 N–H and O–H groups in total. The lowest BCUT2D eigenvalue weighted by atomic mass is 10.0. The summed E-state index contributed by atoms with van der Waals surface area (Å²) in [5, 5.41) is 10.5. The minimum absolute atomic E-state index is 0.0850. The zero-order valence-corrected chi connectivity index (χ0v) is 20.1. The number of nitrogens with zero attached hydrogens (tertiary/aromatic N) is 2. The maximum Gasteiger partial charge on any atom is 0.339 e. The fourth-order valence-electron chi connectivity index (χ4n) is 3.73. The third-order valence-corrected chi connectivity index (χ3v) is 6.81. The first-order valence-electron chi connectivity index (χ1n) is 11.0. The van der Waals surface area contributed by atoms with E-state index >= 15 is 0 Å². The van der Waals surface area contributed by atoms with Gasteiger partial charge < -0.3 is 14.0 Å². The van der Waals surface area contributed by atoms with Gasteiger partial charge in [-0.2, -0.15) is 8.42 Å². The molecule has 1 unspecified atom stereocenters. The molecule has 2 heterocycles. The molecule has 11 heteroatoms. The van der Waals surface area contributed by atoms with Gasteiger partial charge in [-0.1, -0.05) is 36.9 Å². The van der Waals surface area contributed by atoms with E-state index in [-0.39, 0.29) is 48.3 Å². The number of halogens is 1. The minimum atomic E-state index is -4.51. The van der Waals surface area contributed by atoms with Crippen LogP contribution in [0.2, 0.25) is 0 Å². The lowest BCUT2D eigenvalue weighted by Gasteiger charge is -2.17. The molecule has 3 aromatic rings. The third kappa shape index (κ3) is 5.13. The van der Waals surface area contributed by atoms with E-state index in [4.69, 9.17) is 8.92 Å². The number of carbonyl (C=O) groups excluding carboxylic acids is 1. The lowest BCUT2D eigenvalue weighted by Crippen LogP contribution is -2.31. The van der Waals surface area contributed by atoms with Crippen molar-refractivity contribution in [3.05, 3.63) is 93.9 Å². The molecule has 1 atom stereocenters. The summed E-state index contributed by atoms with van der Waals surface area (Å²) < 4.78 is 50.8. The summed E-state index contributed by atoms with van der Waals surface area (Å²) in [7, 11) is -4.51. The van der Waals surface area contributed by atoms with Crippen LogP contribution in [0, 0.1) is 12.7 Å². The van der Waals surface area contributed by atoms with Gasteiger partial charge in [0.2, 0.25) is 5.75 Å². The van der Waals surface area contributed by atoms with Crippen molar-refractivity contribution in [2.75, 3.05) is 13.2 Å². The SMILES string of the molecule is C=C1COCC(O)c2nc(C(=O)CCc3ccc(F)c(C)c3)c(OS(=O)(=O)c3ccccc3)c(=O)n21. The Balaban J connectivity index is 1.79. The zero-order chi connectivity index (χ0) is 26.0. The Hall–Kier alpha value is -3.67. The number of aryl methyl sites for hydroxylation is 2. The maximum absolute atomic E-state index is 13.6. The van der Waals surface area contributed by atoms with Crippen molar-refractivity contribution < 1.29 is 31.6 Å². The predicted octanol–water partition coefficient (Wildman–Crippen LogP) is 2.81. The molecule has 0 spiro atoms. The van der Waals surface area contributed by atoms with Gasteiger partial charge in [0.1, 0.15) is 22.6 Å². The lowest BCUT2D eigenvalue weighted by molar-refractivity contribution is 0.0518. The Morgan fingerprint density at radius 3 is 2.69 bits per heavy atom. The van der Waals surface area contributed by atoms with Crippen molar-refractivity contribution in [1.82, 2.24) is 9.55 Å².